The third-order valence-electron chi connectivity index (χ3n) is 4.02. The molecule has 0 amide bonds. The summed E-state index contributed by atoms with van der Waals surface area (Å²) in [6.45, 7) is 7.46. The highest BCUT2D eigenvalue weighted by molar-refractivity contribution is 5.96. The fraction of sp³-hybridized carbons (Fsp3) is 0.562. The van der Waals surface area contributed by atoms with Gasteiger partial charge in [-0.15, -0.1) is 0 Å². The molecule has 2 nitrogen and oxygen atoms in total. The monoisotopic (exact) mass is 245 g/mol. The smallest absolute Gasteiger partial charge is 0.164 e. The van der Waals surface area contributed by atoms with Crippen LogP contribution in [-0.4, -0.2) is 18.4 Å². The van der Waals surface area contributed by atoms with Gasteiger partial charge in [0, 0.05) is 18.0 Å². The number of carbonyl (C=O) groups excluding carboxylic acids is 1. The summed E-state index contributed by atoms with van der Waals surface area (Å²) in [7, 11) is 0. The van der Waals surface area contributed by atoms with Gasteiger partial charge in [-0.2, -0.15) is 0 Å². The Kier molecular flexibility index (Phi) is 4.18. The van der Waals surface area contributed by atoms with E-state index in [-0.39, 0.29) is 5.78 Å². The van der Waals surface area contributed by atoms with Crippen LogP contribution in [0.15, 0.2) is 18.2 Å². The molecule has 0 radical (unpaired) electrons. The van der Waals surface area contributed by atoms with Crippen molar-refractivity contribution in [2.75, 3.05) is 6.54 Å². The summed E-state index contributed by atoms with van der Waals surface area (Å²) in [5, 5.41) is 3.46. The molecule has 1 N–H and O–H groups in total. The summed E-state index contributed by atoms with van der Waals surface area (Å²) in [5.41, 5.74) is 3.31. The molecule has 1 aliphatic rings. The van der Waals surface area contributed by atoms with Crippen LogP contribution in [0.1, 0.15) is 47.7 Å². The number of rotatable bonds is 3. The van der Waals surface area contributed by atoms with Crippen LogP contribution in [0.4, 0.5) is 0 Å². The Balaban J connectivity index is 2.00. The molecule has 2 atom stereocenters. The normalized spacial score (nSPS) is 23.9. The van der Waals surface area contributed by atoms with Gasteiger partial charge < -0.3 is 5.32 Å². The molecule has 0 aromatic heterocycles. The Morgan fingerprint density at radius 1 is 1.33 bits per heavy atom. The summed E-state index contributed by atoms with van der Waals surface area (Å²) in [4.78, 5) is 12.2. The molecule has 1 aromatic carbocycles. The first-order valence-electron chi connectivity index (χ1n) is 6.90. The molecule has 0 spiro atoms. The molecule has 18 heavy (non-hydrogen) atoms. The van der Waals surface area contributed by atoms with Crippen LogP contribution < -0.4 is 5.32 Å². The zero-order valence-corrected chi connectivity index (χ0v) is 11.6. The highest BCUT2D eigenvalue weighted by Crippen LogP contribution is 2.19. The molecule has 1 heterocycles. The zero-order chi connectivity index (χ0) is 13.1. The molecule has 1 saturated heterocycles. The maximum absolute atomic E-state index is 12.2. The molecule has 2 rings (SSSR count). The van der Waals surface area contributed by atoms with Crippen LogP contribution in [0, 0.1) is 19.8 Å². The van der Waals surface area contributed by atoms with Crippen molar-refractivity contribution in [3.8, 4) is 0 Å². The maximum Gasteiger partial charge on any atom is 0.164 e. The van der Waals surface area contributed by atoms with Crippen molar-refractivity contribution in [1.29, 1.82) is 0 Å². The Labute approximate surface area is 110 Å². The average Bonchev–Trinajstić information content (AvgIpc) is 2.32. The van der Waals surface area contributed by atoms with Crippen molar-refractivity contribution in [1.82, 2.24) is 5.32 Å². The lowest BCUT2D eigenvalue weighted by Crippen LogP contribution is -2.38. The quantitative estimate of drug-likeness (QED) is 0.828. The minimum Gasteiger partial charge on any atom is -0.314 e. The van der Waals surface area contributed by atoms with E-state index in [0.717, 1.165) is 24.4 Å². The molecular weight excluding hydrogens is 222 g/mol. The number of piperidine rings is 1. The Hall–Kier alpha value is -1.15. The number of Topliss-reactive ketones (excluding diaryl/α,β-unsaturated/α-hetero) is 1. The third kappa shape index (κ3) is 3.20. The van der Waals surface area contributed by atoms with Gasteiger partial charge in [-0.05, 0) is 56.3 Å². The minimum absolute atomic E-state index is 0.268. The van der Waals surface area contributed by atoms with Gasteiger partial charge in [0.05, 0.1) is 0 Å². The zero-order valence-electron chi connectivity index (χ0n) is 11.6. The topological polar surface area (TPSA) is 29.1 Å². The fourth-order valence-corrected chi connectivity index (χ4v) is 2.63. The van der Waals surface area contributed by atoms with Crippen LogP contribution in [0.25, 0.3) is 0 Å². The average molecular weight is 245 g/mol. The van der Waals surface area contributed by atoms with Gasteiger partial charge in [-0.1, -0.05) is 19.1 Å². The van der Waals surface area contributed by atoms with Crippen molar-refractivity contribution in [2.45, 2.75) is 46.1 Å². The van der Waals surface area contributed by atoms with Crippen molar-refractivity contribution in [2.24, 2.45) is 5.92 Å². The van der Waals surface area contributed by atoms with E-state index in [1.54, 1.807) is 0 Å². The summed E-state index contributed by atoms with van der Waals surface area (Å²) in [6, 6.07) is 6.38. The van der Waals surface area contributed by atoms with Crippen LogP contribution >= 0.6 is 0 Å². The first-order chi connectivity index (χ1) is 8.56. The molecule has 1 aliphatic heterocycles. The second kappa shape index (κ2) is 5.66. The summed E-state index contributed by atoms with van der Waals surface area (Å²) < 4.78 is 0. The highest BCUT2D eigenvalue weighted by Gasteiger charge is 2.21. The van der Waals surface area contributed by atoms with E-state index in [1.165, 1.54) is 17.5 Å². The van der Waals surface area contributed by atoms with Gasteiger partial charge in [0.15, 0.2) is 5.78 Å². The van der Waals surface area contributed by atoms with E-state index < -0.39 is 0 Å². The maximum atomic E-state index is 12.2. The Bertz CT molecular complexity index is 439. The van der Waals surface area contributed by atoms with Crippen LogP contribution in [0.5, 0.6) is 0 Å². The van der Waals surface area contributed by atoms with Gasteiger partial charge in [0.2, 0.25) is 0 Å². The van der Waals surface area contributed by atoms with Gasteiger partial charge in [0.1, 0.15) is 0 Å². The number of benzene rings is 1. The van der Waals surface area contributed by atoms with Crippen molar-refractivity contribution >= 4 is 5.78 Å². The predicted octanol–water partition coefficient (Wildman–Crippen LogP) is 3.26. The van der Waals surface area contributed by atoms with Crippen LogP contribution in [-0.2, 0) is 0 Å². The van der Waals surface area contributed by atoms with E-state index in [0.29, 0.717) is 12.5 Å². The van der Waals surface area contributed by atoms with Crippen LogP contribution in [0.2, 0.25) is 0 Å². The Morgan fingerprint density at radius 2 is 2.11 bits per heavy atom. The molecule has 2 unspecified atom stereocenters. The number of hydrogen-bond acceptors (Lipinski definition) is 2. The summed E-state index contributed by atoms with van der Waals surface area (Å²) in [5.74, 6) is 1.01. The number of nitrogens with one attached hydrogen (secondary N) is 1. The SMILES string of the molecule is Cc1ccc(C(=O)CC2CC(C)CCN2)cc1C. The number of ketones is 1. The molecule has 1 aromatic rings. The first kappa shape index (κ1) is 13.3. The van der Waals surface area contributed by atoms with E-state index in [9.17, 15) is 4.79 Å². The van der Waals surface area contributed by atoms with E-state index >= 15 is 0 Å². The van der Waals surface area contributed by atoms with E-state index in [1.807, 2.05) is 18.2 Å². The lowest BCUT2D eigenvalue weighted by atomic mass is 9.90. The summed E-state index contributed by atoms with van der Waals surface area (Å²) >= 11 is 0. The fourth-order valence-electron chi connectivity index (χ4n) is 2.63. The molecule has 1 fully saturated rings. The predicted molar refractivity (Wildman–Crippen MR) is 75.1 cm³/mol. The van der Waals surface area contributed by atoms with Crippen molar-refractivity contribution in [3.05, 3.63) is 34.9 Å². The Morgan fingerprint density at radius 3 is 2.78 bits per heavy atom. The standard InChI is InChI=1S/C16H23NO/c1-11-6-7-17-15(8-11)10-16(18)14-5-4-12(2)13(3)9-14/h4-5,9,11,15,17H,6-8,10H2,1-3H3. The minimum atomic E-state index is 0.268. The van der Waals surface area contributed by atoms with E-state index in [2.05, 4.69) is 26.1 Å². The molecule has 0 saturated carbocycles. The van der Waals surface area contributed by atoms with Crippen molar-refractivity contribution < 1.29 is 4.79 Å². The number of hydrogen-bond donors (Lipinski definition) is 1. The summed E-state index contributed by atoms with van der Waals surface area (Å²) in [6.07, 6.45) is 2.98. The lowest BCUT2D eigenvalue weighted by molar-refractivity contribution is 0.0959. The highest BCUT2D eigenvalue weighted by atomic mass is 16.1. The van der Waals surface area contributed by atoms with E-state index in [4.69, 9.17) is 0 Å². The second-order valence-corrected chi connectivity index (χ2v) is 5.71. The van der Waals surface area contributed by atoms with Crippen LogP contribution in [0.3, 0.4) is 0 Å². The lowest BCUT2D eigenvalue weighted by Gasteiger charge is -2.27. The first-order valence-corrected chi connectivity index (χ1v) is 6.90. The van der Waals surface area contributed by atoms with Gasteiger partial charge in [0.25, 0.3) is 0 Å². The molecule has 98 valence electrons. The molecule has 0 bridgehead atoms. The van der Waals surface area contributed by atoms with Gasteiger partial charge in [-0.3, -0.25) is 4.79 Å². The molecular formula is C16H23NO. The molecule has 0 aliphatic carbocycles. The third-order valence-corrected chi connectivity index (χ3v) is 4.02. The van der Waals surface area contributed by atoms with Gasteiger partial charge in [-0.25, -0.2) is 0 Å². The molecule has 2 heteroatoms. The van der Waals surface area contributed by atoms with Gasteiger partial charge >= 0.3 is 0 Å². The largest absolute Gasteiger partial charge is 0.314 e. The second-order valence-electron chi connectivity index (χ2n) is 5.71. The number of carbonyl (C=O) groups is 1. The van der Waals surface area contributed by atoms with Crippen molar-refractivity contribution in [3.63, 3.8) is 0 Å². The number of aryl methyl sites for hydroxylation is 2.